The lowest BCUT2D eigenvalue weighted by Crippen LogP contribution is -2.52. The number of hydrogen-bond acceptors (Lipinski definition) is 4. The Hall–Kier alpha value is -0.160. The average molecular weight is 215 g/mol. The maximum absolute atomic E-state index is 9.71. The maximum atomic E-state index is 9.71. The molecule has 1 saturated heterocycles. The van der Waals surface area contributed by atoms with Crippen molar-refractivity contribution < 1.29 is 5.11 Å². The molecule has 1 heterocycles. The van der Waals surface area contributed by atoms with Gasteiger partial charge < -0.3 is 10.8 Å². The van der Waals surface area contributed by atoms with Gasteiger partial charge in [0.25, 0.3) is 0 Å². The molecular weight excluding hydrogens is 190 g/mol. The van der Waals surface area contributed by atoms with E-state index in [1.165, 1.54) is 0 Å². The van der Waals surface area contributed by atoms with E-state index in [0.717, 1.165) is 39.3 Å². The number of aliphatic hydroxyl groups is 1. The SMILES string of the molecule is CC(N)CN1CCN(CC(C)(C)O)CC1. The third-order valence-corrected chi connectivity index (χ3v) is 2.62. The van der Waals surface area contributed by atoms with Gasteiger partial charge in [0.2, 0.25) is 0 Å². The number of nitrogens with zero attached hydrogens (tertiary/aromatic N) is 2. The summed E-state index contributed by atoms with van der Waals surface area (Å²) < 4.78 is 0. The molecule has 0 aromatic rings. The Labute approximate surface area is 93.0 Å². The van der Waals surface area contributed by atoms with Gasteiger partial charge in [-0.25, -0.2) is 0 Å². The van der Waals surface area contributed by atoms with Crippen LogP contribution in [0.25, 0.3) is 0 Å². The third-order valence-electron chi connectivity index (χ3n) is 2.62. The highest BCUT2D eigenvalue weighted by Crippen LogP contribution is 2.08. The first-order chi connectivity index (χ1) is 6.87. The smallest absolute Gasteiger partial charge is 0.0718 e. The van der Waals surface area contributed by atoms with Crippen LogP contribution in [0.15, 0.2) is 0 Å². The van der Waals surface area contributed by atoms with Crippen LogP contribution in [0.5, 0.6) is 0 Å². The van der Waals surface area contributed by atoms with Crippen LogP contribution >= 0.6 is 0 Å². The van der Waals surface area contributed by atoms with E-state index >= 15 is 0 Å². The van der Waals surface area contributed by atoms with Crippen molar-refractivity contribution in [3.05, 3.63) is 0 Å². The van der Waals surface area contributed by atoms with Gasteiger partial charge in [0, 0.05) is 45.3 Å². The molecule has 0 aliphatic carbocycles. The molecule has 1 rings (SSSR count). The van der Waals surface area contributed by atoms with Crippen molar-refractivity contribution in [2.45, 2.75) is 32.4 Å². The summed E-state index contributed by atoms with van der Waals surface area (Å²) in [5.74, 6) is 0. The number of nitrogens with two attached hydrogens (primary N) is 1. The van der Waals surface area contributed by atoms with Crippen LogP contribution in [-0.4, -0.2) is 65.8 Å². The van der Waals surface area contributed by atoms with E-state index in [9.17, 15) is 5.11 Å². The van der Waals surface area contributed by atoms with Crippen LogP contribution in [0, 0.1) is 0 Å². The molecule has 1 unspecified atom stereocenters. The lowest BCUT2D eigenvalue weighted by molar-refractivity contribution is 0.0172. The van der Waals surface area contributed by atoms with Gasteiger partial charge in [0.1, 0.15) is 0 Å². The van der Waals surface area contributed by atoms with E-state index in [0.29, 0.717) is 0 Å². The number of piperazine rings is 1. The van der Waals surface area contributed by atoms with Crippen LogP contribution in [0.4, 0.5) is 0 Å². The van der Waals surface area contributed by atoms with E-state index in [-0.39, 0.29) is 6.04 Å². The number of hydrogen-bond donors (Lipinski definition) is 2. The first kappa shape index (κ1) is 12.9. The summed E-state index contributed by atoms with van der Waals surface area (Å²) in [6.45, 7) is 11.7. The number of rotatable bonds is 4. The van der Waals surface area contributed by atoms with Crippen molar-refractivity contribution in [1.82, 2.24) is 9.80 Å². The van der Waals surface area contributed by atoms with E-state index in [1.54, 1.807) is 0 Å². The normalized spacial score (nSPS) is 23.0. The summed E-state index contributed by atoms with van der Waals surface area (Å²) in [4.78, 5) is 4.71. The monoisotopic (exact) mass is 215 g/mol. The molecule has 3 N–H and O–H groups in total. The molecule has 0 aromatic heterocycles. The highest BCUT2D eigenvalue weighted by Gasteiger charge is 2.22. The van der Waals surface area contributed by atoms with Crippen molar-refractivity contribution in [3.8, 4) is 0 Å². The Morgan fingerprint density at radius 3 is 2.07 bits per heavy atom. The summed E-state index contributed by atoms with van der Waals surface area (Å²) in [6, 6.07) is 0.255. The molecule has 0 spiro atoms. The molecule has 15 heavy (non-hydrogen) atoms. The second kappa shape index (κ2) is 5.25. The van der Waals surface area contributed by atoms with Gasteiger partial charge in [-0.3, -0.25) is 9.80 Å². The minimum Gasteiger partial charge on any atom is -0.389 e. The highest BCUT2D eigenvalue weighted by molar-refractivity contribution is 4.78. The molecule has 0 saturated carbocycles. The Morgan fingerprint density at radius 1 is 1.20 bits per heavy atom. The molecule has 0 amide bonds. The van der Waals surface area contributed by atoms with Crippen LogP contribution in [0.3, 0.4) is 0 Å². The summed E-state index contributed by atoms with van der Waals surface area (Å²) >= 11 is 0. The van der Waals surface area contributed by atoms with Gasteiger partial charge in [-0.15, -0.1) is 0 Å². The van der Waals surface area contributed by atoms with E-state index in [1.807, 2.05) is 20.8 Å². The molecule has 0 aromatic carbocycles. The predicted octanol–water partition coefficient (Wildman–Crippen LogP) is -0.278. The molecule has 1 fully saturated rings. The Kier molecular flexibility index (Phi) is 4.52. The maximum Gasteiger partial charge on any atom is 0.0718 e. The lowest BCUT2D eigenvalue weighted by Gasteiger charge is -2.37. The van der Waals surface area contributed by atoms with Crippen LogP contribution in [-0.2, 0) is 0 Å². The largest absolute Gasteiger partial charge is 0.389 e. The van der Waals surface area contributed by atoms with Crippen LogP contribution < -0.4 is 5.73 Å². The minimum absolute atomic E-state index is 0.255. The summed E-state index contributed by atoms with van der Waals surface area (Å²) in [6.07, 6.45) is 0. The third kappa shape index (κ3) is 5.47. The Bertz CT molecular complexity index is 181. The van der Waals surface area contributed by atoms with E-state index in [4.69, 9.17) is 5.73 Å². The van der Waals surface area contributed by atoms with Crippen molar-refractivity contribution >= 4 is 0 Å². The van der Waals surface area contributed by atoms with Gasteiger partial charge in [-0.2, -0.15) is 0 Å². The lowest BCUT2D eigenvalue weighted by atomic mass is 10.1. The molecule has 4 nitrogen and oxygen atoms in total. The Balaban J connectivity index is 2.24. The van der Waals surface area contributed by atoms with Crippen molar-refractivity contribution in [1.29, 1.82) is 0 Å². The van der Waals surface area contributed by atoms with Gasteiger partial charge in [-0.1, -0.05) is 0 Å². The van der Waals surface area contributed by atoms with E-state index in [2.05, 4.69) is 9.80 Å². The fourth-order valence-corrected chi connectivity index (χ4v) is 2.08. The average Bonchev–Trinajstić information content (AvgIpc) is 2.05. The summed E-state index contributed by atoms with van der Waals surface area (Å²) in [5.41, 5.74) is 5.18. The molecule has 90 valence electrons. The predicted molar refractivity (Wildman–Crippen MR) is 62.8 cm³/mol. The standard InChI is InChI=1S/C11H25N3O/c1-10(12)8-13-4-6-14(7-5-13)9-11(2,3)15/h10,15H,4-9,12H2,1-3H3. The molecule has 1 aliphatic heterocycles. The molecular formula is C11H25N3O. The molecule has 1 aliphatic rings. The minimum atomic E-state index is -0.580. The molecule has 0 bridgehead atoms. The first-order valence-electron chi connectivity index (χ1n) is 5.79. The van der Waals surface area contributed by atoms with E-state index < -0.39 is 5.60 Å². The molecule has 0 radical (unpaired) electrons. The molecule has 1 atom stereocenters. The zero-order valence-corrected chi connectivity index (χ0v) is 10.2. The zero-order valence-electron chi connectivity index (χ0n) is 10.2. The topological polar surface area (TPSA) is 52.7 Å². The van der Waals surface area contributed by atoms with Crippen molar-refractivity contribution in [2.75, 3.05) is 39.3 Å². The van der Waals surface area contributed by atoms with Crippen molar-refractivity contribution in [3.63, 3.8) is 0 Å². The first-order valence-corrected chi connectivity index (χ1v) is 5.79. The van der Waals surface area contributed by atoms with Gasteiger partial charge in [0.05, 0.1) is 5.60 Å². The summed E-state index contributed by atoms with van der Waals surface area (Å²) in [5, 5.41) is 9.71. The second-order valence-electron chi connectivity index (χ2n) is 5.37. The second-order valence-corrected chi connectivity index (χ2v) is 5.37. The van der Waals surface area contributed by atoms with Gasteiger partial charge in [-0.05, 0) is 20.8 Å². The quantitative estimate of drug-likeness (QED) is 0.677. The zero-order chi connectivity index (χ0) is 11.5. The number of β-amino-alcohol motifs (C(OH)–C–C–N with tert-alkyl or cyclic N) is 1. The summed E-state index contributed by atoms with van der Waals surface area (Å²) in [7, 11) is 0. The van der Waals surface area contributed by atoms with Crippen LogP contribution in [0.1, 0.15) is 20.8 Å². The van der Waals surface area contributed by atoms with Gasteiger partial charge in [0.15, 0.2) is 0 Å². The van der Waals surface area contributed by atoms with Crippen LogP contribution in [0.2, 0.25) is 0 Å². The highest BCUT2D eigenvalue weighted by atomic mass is 16.3. The van der Waals surface area contributed by atoms with Crippen molar-refractivity contribution in [2.24, 2.45) is 5.73 Å². The molecule has 4 heteroatoms. The van der Waals surface area contributed by atoms with Gasteiger partial charge >= 0.3 is 0 Å². The fraction of sp³-hybridized carbons (Fsp3) is 1.00. The fourth-order valence-electron chi connectivity index (χ4n) is 2.08. The Morgan fingerprint density at radius 2 is 1.67 bits per heavy atom.